The molecule has 3 nitrogen and oxygen atoms in total. The van der Waals surface area contributed by atoms with Gasteiger partial charge < -0.3 is 5.11 Å². The second-order valence-electron chi connectivity index (χ2n) is 3.91. The second kappa shape index (κ2) is 4.70. The molecule has 0 fully saturated rings. The van der Waals surface area contributed by atoms with Gasteiger partial charge in [-0.1, -0.05) is 11.6 Å². The van der Waals surface area contributed by atoms with Crippen LogP contribution in [-0.2, 0) is 17.4 Å². The van der Waals surface area contributed by atoms with E-state index in [0.29, 0.717) is 0 Å². The number of rotatable bonds is 2. The van der Waals surface area contributed by atoms with Crippen molar-refractivity contribution in [1.82, 2.24) is 4.98 Å². The van der Waals surface area contributed by atoms with Crippen molar-refractivity contribution in [3.8, 4) is 0 Å². The van der Waals surface area contributed by atoms with Crippen LogP contribution < -0.4 is 0 Å². The number of halogens is 4. The number of pyridine rings is 1. The molecule has 7 heteroatoms. The topological polar surface area (TPSA) is 50.2 Å². The minimum absolute atomic E-state index is 0.0188. The summed E-state index contributed by atoms with van der Waals surface area (Å²) in [6.07, 6.45) is -4.85. The minimum Gasteiger partial charge on any atom is -0.481 e. The highest BCUT2D eigenvalue weighted by Crippen LogP contribution is 2.32. The fraction of sp³-hybridized carbons (Fsp3) is 0.167. The molecule has 0 aliphatic rings. The summed E-state index contributed by atoms with van der Waals surface area (Å²) in [5, 5.41) is 8.87. The Morgan fingerprint density at radius 1 is 1.32 bits per heavy atom. The molecular formula is C12H7ClF3NO2. The van der Waals surface area contributed by atoms with Crippen molar-refractivity contribution >= 4 is 28.5 Å². The van der Waals surface area contributed by atoms with Crippen molar-refractivity contribution in [2.24, 2.45) is 0 Å². The van der Waals surface area contributed by atoms with E-state index in [9.17, 15) is 18.0 Å². The van der Waals surface area contributed by atoms with Gasteiger partial charge in [0, 0.05) is 10.9 Å². The number of hydrogen-bond donors (Lipinski definition) is 1. The van der Waals surface area contributed by atoms with E-state index in [1.165, 1.54) is 12.1 Å². The lowest BCUT2D eigenvalue weighted by atomic mass is 10.1. The van der Waals surface area contributed by atoms with Crippen LogP contribution >= 0.6 is 11.6 Å². The zero-order valence-electron chi connectivity index (χ0n) is 9.33. The van der Waals surface area contributed by atoms with Crippen molar-refractivity contribution in [2.75, 3.05) is 0 Å². The predicted molar refractivity (Wildman–Crippen MR) is 63.1 cm³/mol. The third kappa shape index (κ3) is 2.96. The quantitative estimate of drug-likeness (QED) is 0.860. The standard InChI is InChI=1S/C12H7ClF3NO2/c13-11-7(5-10(18)19)3-6-4-8(12(14,15)16)1-2-9(6)17-11/h1-4H,5H2,(H,18,19). The largest absolute Gasteiger partial charge is 0.481 e. The Morgan fingerprint density at radius 2 is 2.00 bits per heavy atom. The van der Waals surface area contributed by atoms with Gasteiger partial charge in [0.1, 0.15) is 5.15 Å². The first-order valence-electron chi connectivity index (χ1n) is 5.15. The van der Waals surface area contributed by atoms with Gasteiger partial charge in [-0.05, 0) is 24.3 Å². The highest BCUT2D eigenvalue weighted by molar-refractivity contribution is 6.30. The number of hydrogen-bond acceptors (Lipinski definition) is 2. The van der Waals surface area contributed by atoms with Crippen LogP contribution in [0.15, 0.2) is 24.3 Å². The number of carboxylic acid groups (broad SMARTS) is 1. The van der Waals surface area contributed by atoms with Gasteiger partial charge in [-0.25, -0.2) is 4.98 Å². The van der Waals surface area contributed by atoms with E-state index in [0.717, 1.165) is 12.1 Å². The molecule has 0 bridgehead atoms. The maximum Gasteiger partial charge on any atom is 0.416 e. The fourth-order valence-corrected chi connectivity index (χ4v) is 1.87. The summed E-state index contributed by atoms with van der Waals surface area (Å²) in [5.74, 6) is -1.13. The second-order valence-corrected chi connectivity index (χ2v) is 4.27. The molecule has 0 aliphatic heterocycles. The molecule has 1 N–H and O–H groups in total. The molecule has 0 saturated carbocycles. The van der Waals surface area contributed by atoms with Crippen LogP contribution in [-0.4, -0.2) is 16.1 Å². The Balaban J connectivity index is 2.58. The zero-order chi connectivity index (χ0) is 14.2. The Bertz CT molecular complexity index is 655. The lowest BCUT2D eigenvalue weighted by molar-refractivity contribution is -0.138. The van der Waals surface area contributed by atoms with Gasteiger partial charge >= 0.3 is 12.1 Å². The molecule has 2 rings (SSSR count). The number of carboxylic acids is 1. The summed E-state index contributed by atoms with van der Waals surface area (Å²) >= 11 is 5.78. The lowest BCUT2D eigenvalue weighted by Gasteiger charge is -2.09. The molecule has 19 heavy (non-hydrogen) atoms. The molecule has 0 atom stereocenters. The number of fused-ring (bicyclic) bond motifs is 1. The van der Waals surface area contributed by atoms with Gasteiger partial charge in [0.05, 0.1) is 17.5 Å². The number of carbonyl (C=O) groups is 1. The van der Waals surface area contributed by atoms with E-state index in [1.54, 1.807) is 0 Å². The van der Waals surface area contributed by atoms with Crippen LogP contribution in [0, 0.1) is 0 Å². The molecule has 1 heterocycles. The van der Waals surface area contributed by atoms with E-state index in [4.69, 9.17) is 16.7 Å². The molecule has 100 valence electrons. The maximum atomic E-state index is 12.6. The fourth-order valence-electron chi connectivity index (χ4n) is 1.66. The number of benzene rings is 1. The first kappa shape index (κ1) is 13.6. The van der Waals surface area contributed by atoms with E-state index in [2.05, 4.69) is 4.98 Å². The summed E-state index contributed by atoms with van der Waals surface area (Å²) in [5.41, 5.74) is -0.349. The van der Waals surface area contributed by atoms with Crippen molar-refractivity contribution < 1.29 is 23.1 Å². The van der Waals surface area contributed by atoms with E-state index in [-0.39, 0.29) is 21.6 Å². The van der Waals surface area contributed by atoms with Crippen LogP contribution in [0.3, 0.4) is 0 Å². The summed E-state index contributed by atoms with van der Waals surface area (Å²) < 4.78 is 37.7. The van der Waals surface area contributed by atoms with E-state index >= 15 is 0 Å². The highest BCUT2D eigenvalue weighted by Gasteiger charge is 2.30. The summed E-state index contributed by atoms with van der Waals surface area (Å²) in [4.78, 5) is 14.5. The average molecular weight is 290 g/mol. The SMILES string of the molecule is O=C(O)Cc1cc2cc(C(F)(F)F)ccc2nc1Cl. The zero-order valence-corrected chi connectivity index (χ0v) is 10.1. The number of aromatic nitrogens is 1. The normalized spacial score (nSPS) is 11.8. The molecule has 1 aromatic heterocycles. The van der Waals surface area contributed by atoms with Gasteiger partial charge in [-0.2, -0.15) is 13.2 Å². The number of nitrogens with zero attached hydrogens (tertiary/aromatic N) is 1. The molecule has 0 saturated heterocycles. The van der Waals surface area contributed by atoms with Crippen LogP contribution in [0.4, 0.5) is 13.2 Å². The van der Waals surface area contributed by atoms with E-state index < -0.39 is 24.1 Å². The Kier molecular flexibility index (Phi) is 3.36. The molecule has 1 aromatic carbocycles. The van der Waals surface area contributed by atoms with Crippen LogP contribution in [0.25, 0.3) is 10.9 Å². The maximum absolute atomic E-state index is 12.6. The number of alkyl halides is 3. The van der Waals surface area contributed by atoms with Gasteiger partial charge in [0.2, 0.25) is 0 Å². The van der Waals surface area contributed by atoms with Crippen LogP contribution in [0.1, 0.15) is 11.1 Å². The van der Waals surface area contributed by atoms with Gasteiger partial charge in [0.25, 0.3) is 0 Å². The van der Waals surface area contributed by atoms with Crippen LogP contribution in [0.2, 0.25) is 5.15 Å². The highest BCUT2D eigenvalue weighted by atomic mass is 35.5. The average Bonchev–Trinajstić information content (AvgIpc) is 2.27. The molecule has 0 spiro atoms. The molecular weight excluding hydrogens is 283 g/mol. The third-order valence-electron chi connectivity index (χ3n) is 2.51. The molecule has 0 radical (unpaired) electrons. The molecule has 2 aromatic rings. The van der Waals surface area contributed by atoms with Gasteiger partial charge in [-0.3, -0.25) is 4.79 Å². The third-order valence-corrected chi connectivity index (χ3v) is 2.84. The van der Waals surface area contributed by atoms with Crippen molar-refractivity contribution in [2.45, 2.75) is 12.6 Å². The minimum atomic E-state index is -4.46. The smallest absolute Gasteiger partial charge is 0.416 e. The van der Waals surface area contributed by atoms with E-state index in [1.807, 2.05) is 0 Å². The van der Waals surface area contributed by atoms with Gasteiger partial charge in [-0.15, -0.1) is 0 Å². The first-order valence-corrected chi connectivity index (χ1v) is 5.53. The number of aliphatic carboxylic acids is 1. The molecule has 0 amide bonds. The molecule has 0 aliphatic carbocycles. The van der Waals surface area contributed by atoms with Gasteiger partial charge in [0.15, 0.2) is 0 Å². The lowest BCUT2D eigenvalue weighted by Crippen LogP contribution is -2.05. The summed E-state index contributed by atoms with van der Waals surface area (Å²) in [6, 6.07) is 4.34. The summed E-state index contributed by atoms with van der Waals surface area (Å²) in [7, 11) is 0. The summed E-state index contributed by atoms with van der Waals surface area (Å²) in [6.45, 7) is 0. The predicted octanol–water partition coefficient (Wildman–Crippen LogP) is 3.53. The monoisotopic (exact) mass is 289 g/mol. The molecule has 0 unspecified atom stereocenters. The Hall–Kier alpha value is -1.82. The Morgan fingerprint density at radius 3 is 2.58 bits per heavy atom. The van der Waals surface area contributed by atoms with Crippen LogP contribution in [0.5, 0.6) is 0 Å². The van der Waals surface area contributed by atoms with Crippen molar-refractivity contribution in [3.63, 3.8) is 0 Å². The first-order chi connectivity index (χ1) is 8.77. The van der Waals surface area contributed by atoms with Crippen molar-refractivity contribution in [3.05, 3.63) is 40.5 Å². The van der Waals surface area contributed by atoms with Crippen molar-refractivity contribution in [1.29, 1.82) is 0 Å². The Labute approximate surface area is 110 Å².